The Morgan fingerprint density at radius 1 is 1.37 bits per heavy atom. The zero-order chi connectivity index (χ0) is 13.7. The van der Waals surface area contributed by atoms with Crippen molar-refractivity contribution in [2.75, 3.05) is 5.75 Å². The Kier molecular flexibility index (Phi) is 5.22. The van der Waals surface area contributed by atoms with Crippen molar-refractivity contribution in [2.45, 2.75) is 42.7 Å². The van der Waals surface area contributed by atoms with Crippen molar-refractivity contribution >= 4 is 17.7 Å². The summed E-state index contributed by atoms with van der Waals surface area (Å²) in [6, 6.07) is 6.25. The highest BCUT2D eigenvalue weighted by Gasteiger charge is 2.24. The van der Waals surface area contributed by atoms with Gasteiger partial charge in [-0.1, -0.05) is 25.0 Å². The van der Waals surface area contributed by atoms with E-state index in [4.69, 9.17) is 0 Å². The number of aliphatic hydroxyl groups excluding tert-OH is 1. The first-order valence-corrected chi connectivity index (χ1v) is 7.50. The molecule has 104 valence electrons. The molecule has 0 heterocycles. The van der Waals surface area contributed by atoms with Gasteiger partial charge in [-0.05, 0) is 25.0 Å². The van der Waals surface area contributed by atoms with Crippen LogP contribution in [0.3, 0.4) is 0 Å². The molecule has 0 saturated heterocycles. The third-order valence-corrected chi connectivity index (χ3v) is 4.32. The standard InChI is InChI=1S/C14H18FNO2S/c15-10-5-1-4-8-13(10)19-9-14(18)16-11-6-2-3-7-12(11)17/h1,4-5,8,11-12,17H,2-3,6-7,9H2,(H,16,18)/t11-,12-/m0/s1. The van der Waals surface area contributed by atoms with Gasteiger partial charge in [-0.2, -0.15) is 0 Å². The lowest BCUT2D eigenvalue weighted by Gasteiger charge is -2.28. The Morgan fingerprint density at radius 2 is 2.11 bits per heavy atom. The highest BCUT2D eigenvalue weighted by molar-refractivity contribution is 8.00. The van der Waals surface area contributed by atoms with Gasteiger partial charge in [0.15, 0.2) is 0 Å². The maximum absolute atomic E-state index is 13.4. The number of aliphatic hydroxyl groups is 1. The van der Waals surface area contributed by atoms with Crippen LogP contribution in [0, 0.1) is 5.82 Å². The fourth-order valence-corrected chi connectivity index (χ4v) is 2.98. The molecule has 0 spiro atoms. The number of hydrogen-bond donors (Lipinski definition) is 2. The van der Waals surface area contributed by atoms with Gasteiger partial charge in [0.05, 0.1) is 17.9 Å². The van der Waals surface area contributed by atoms with Crippen molar-refractivity contribution in [1.29, 1.82) is 0 Å². The maximum Gasteiger partial charge on any atom is 0.230 e. The Morgan fingerprint density at radius 3 is 2.84 bits per heavy atom. The first kappa shape index (κ1) is 14.3. The van der Waals surface area contributed by atoms with Crippen molar-refractivity contribution < 1.29 is 14.3 Å². The summed E-state index contributed by atoms with van der Waals surface area (Å²) in [6.45, 7) is 0. The summed E-state index contributed by atoms with van der Waals surface area (Å²) in [5, 5.41) is 12.6. The molecule has 1 aliphatic rings. The topological polar surface area (TPSA) is 49.3 Å². The van der Waals surface area contributed by atoms with Crippen molar-refractivity contribution in [1.82, 2.24) is 5.32 Å². The summed E-state index contributed by atoms with van der Waals surface area (Å²) in [7, 11) is 0. The molecule has 0 aliphatic heterocycles. The summed E-state index contributed by atoms with van der Waals surface area (Å²) in [5.41, 5.74) is 0. The van der Waals surface area contributed by atoms with Gasteiger partial charge in [0.25, 0.3) is 0 Å². The van der Waals surface area contributed by atoms with Crippen LogP contribution in [0.15, 0.2) is 29.2 Å². The van der Waals surface area contributed by atoms with Crippen molar-refractivity contribution in [3.05, 3.63) is 30.1 Å². The number of thioether (sulfide) groups is 1. The average molecular weight is 283 g/mol. The monoisotopic (exact) mass is 283 g/mol. The highest BCUT2D eigenvalue weighted by Crippen LogP contribution is 2.22. The molecular formula is C14H18FNO2S. The van der Waals surface area contributed by atoms with Gasteiger partial charge in [-0.15, -0.1) is 11.8 Å². The van der Waals surface area contributed by atoms with Gasteiger partial charge < -0.3 is 10.4 Å². The van der Waals surface area contributed by atoms with E-state index in [1.165, 1.54) is 17.8 Å². The molecule has 1 aromatic rings. The Balaban J connectivity index is 1.80. The Bertz CT molecular complexity index is 441. The first-order chi connectivity index (χ1) is 9.16. The molecule has 0 aromatic heterocycles. The van der Waals surface area contributed by atoms with E-state index in [2.05, 4.69) is 5.32 Å². The van der Waals surface area contributed by atoms with E-state index < -0.39 is 6.10 Å². The van der Waals surface area contributed by atoms with Gasteiger partial charge in [-0.3, -0.25) is 4.79 Å². The van der Waals surface area contributed by atoms with E-state index in [1.807, 2.05) is 0 Å². The molecule has 2 N–H and O–H groups in total. The minimum atomic E-state index is -0.448. The van der Waals surface area contributed by atoms with Gasteiger partial charge in [0.1, 0.15) is 5.82 Å². The molecule has 19 heavy (non-hydrogen) atoms. The third kappa shape index (κ3) is 4.21. The summed E-state index contributed by atoms with van der Waals surface area (Å²) in [4.78, 5) is 12.2. The second-order valence-electron chi connectivity index (χ2n) is 4.74. The number of halogens is 1. The number of nitrogens with one attached hydrogen (secondary N) is 1. The molecule has 2 rings (SSSR count). The first-order valence-electron chi connectivity index (χ1n) is 6.51. The zero-order valence-corrected chi connectivity index (χ0v) is 11.5. The van der Waals surface area contributed by atoms with E-state index in [-0.39, 0.29) is 23.5 Å². The zero-order valence-electron chi connectivity index (χ0n) is 10.6. The normalized spacial score (nSPS) is 23.1. The summed E-state index contributed by atoms with van der Waals surface area (Å²) in [5.74, 6) is -0.290. The van der Waals surface area contributed by atoms with Crippen LogP contribution >= 0.6 is 11.8 Å². The molecule has 1 saturated carbocycles. The number of benzene rings is 1. The van der Waals surface area contributed by atoms with Gasteiger partial charge in [0, 0.05) is 4.90 Å². The molecule has 5 heteroatoms. The second kappa shape index (κ2) is 6.91. The predicted molar refractivity (Wildman–Crippen MR) is 73.5 cm³/mol. The number of rotatable bonds is 4. The number of carbonyl (C=O) groups excluding carboxylic acids is 1. The van der Waals surface area contributed by atoms with Crippen molar-refractivity contribution in [3.63, 3.8) is 0 Å². The molecule has 0 unspecified atom stereocenters. The summed E-state index contributed by atoms with van der Waals surface area (Å²) in [6.07, 6.45) is 3.15. The van der Waals surface area contributed by atoms with Gasteiger partial charge in [-0.25, -0.2) is 4.39 Å². The van der Waals surface area contributed by atoms with Crippen molar-refractivity contribution in [3.8, 4) is 0 Å². The molecule has 1 aliphatic carbocycles. The predicted octanol–water partition coefficient (Wildman–Crippen LogP) is 2.34. The summed E-state index contributed by atoms with van der Waals surface area (Å²) < 4.78 is 13.4. The van der Waals surface area contributed by atoms with E-state index >= 15 is 0 Å². The number of carbonyl (C=O) groups is 1. The lowest BCUT2D eigenvalue weighted by atomic mass is 9.93. The minimum Gasteiger partial charge on any atom is -0.391 e. The van der Waals surface area contributed by atoms with E-state index in [9.17, 15) is 14.3 Å². The molecule has 1 amide bonds. The van der Waals surface area contributed by atoms with Crippen LogP contribution < -0.4 is 5.32 Å². The molecule has 1 aromatic carbocycles. The quantitative estimate of drug-likeness (QED) is 0.834. The molecule has 1 fully saturated rings. The molecular weight excluding hydrogens is 265 g/mol. The third-order valence-electron chi connectivity index (χ3n) is 3.27. The van der Waals surface area contributed by atoms with Gasteiger partial charge >= 0.3 is 0 Å². The number of hydrogen-bond acceptors (Lipinski definition) is 3. The molecule has 3 nitrogen and oxygen atoms in total. The molecule has 0 radical (unpaired) electrons. The smallest absolute Gasteiger partial charge is 0.230 e. The van der Waals surface area contributed by atoms with Gasteiger partial charge in [0.2, 0.25) is 5.91 Å². The van der Waals surface area contributed by atoms with E-state index in [0.29, 0.717) is 4.90 Å². The average Bonchev–Trinajstić information content (AvgIpc) is 2.40. The van der Waals surface area contributed by atoms with Crippen LogP contribution in [0.2, 0.25) is 0 Å². The fraction of sp³-hybridized carbons (Fsp3) is 0.500. The highest BCUT2D eigenvalue weighted by atomic mass is 32.2. The van der Waals surface area contributed by atoms with E-state index in [1.54, 1.807) is 18.2 Å². The van der Waals surface area contributed by atoms with E-state index in [0.717, 1.165) is 25.7 Å². The van der Waals surface area contributed by atoms with Crippen LogP contribution in [0.1, 0.15) is 25.7 Å². The molecule has 2 atom stereocenters. The number of amides is 1. The van der Waals surface area contributed by atoms with Crippen LogP contribution in [0.5, 0.6) is 0 Å². The van der Waals surface area contributed by atoms with Crippen LogP contribution in [0.25, 0.3) is 0 Å². The summed E-state index contributed by atoms with van der Waals surface area (Å²) >= 11 is 1.18. The Hall–Kier alpha value is -1.07. The van der Waals surface area contributed by atoms with Crippen LogP contribution in [-0.4, -0.2) is 28.9 Å². The minimum absolute atomic E-state index is 0.150. The Labute approximate surface area is 116 Å². The van der Waals surface area contributed by atoms with Crippen molar-refractivity contribution in [2.24, 2.45) is 0 Å². The molecule has 0 bridgehead atoms. The lowest BCUT2D eigenvalue weighted by molar-refractivity contribution is -0.120. The second-order valence-corrected chi connectivity index (χ2v) is 5.76. The van der Waals surface area contributed by atoms with Crippen LogP contribution in [0.4, 0.5) is 4.39 Å². The lowest BCUT2D eigenvalue weighted by Crippen LogP contribution is -2.45. The SMILES string of the molecule is O=C(CSc1ccccc1F)N[C@H]1CCCC[C@@H]1O. The maximum atomic E-state index is 13.4. The largest absolute Gasteiger partial charge is 0.391 e. The fourth-order valence-electron chi connectivity index (χ4n) is 2.23. The van der Waals surface area contributed by atoms with Crippen LogP contribution in [-0.2, 0) is 4.79 Å².